The SMILES string of the molecule is CO[C](=O)[Al]([CH3])[CH2]NBr. The summed E-state index contributed by atoms with van der Waals surface area (Å²) >= 11 is 1.71. The standard InChI is InChI=1S/C2H3O2.CH3BrN.CH3.Al/c1-4-2-3;1-3-2;;/h1H3;3H,1H2;1H3;. The maximum Gasteiger partial charge on any atom is 0.447 e. The topological polar surface area (TPSA) is 38.3 Å². The predicted molar refractivity (Wildman–Crippen MR) is 41.0 cm³/mol. The Balaban J connectivity index is 3.45. The average Bonchev–Trinajstić information content (AvgIpc) is 1.87. The minimum absolute atomic E-state index is 0.0537. The summed E-state index contributed by atoms with van der Waals surface area (Å²) in [5.41, 5.74) is 0. The number of hydrogen-bond acceptors (Lipinski definition) is 3. The fraction of sp³-hybridized carbons (Fsp3) is 0.750. The highest BCUT2D eigenvalue weighted by atomic mass is 79.9. The maximum atomic E-state index is 10.7. The van der Waals surface area contributed by atoms with E-state index < -0.39 is 14.1 Å². The Labute approximate surface area is 67.5 Å². The van der Waals surface area contributed by atoms with Crippen LogP contribution in [0.3, 0.4) is 0 Å². The first kappa shape index (κ1) is 9.44. The van der Waals surface area contributed by atoms with Crippen LogP contribution in [0.25, 0.3) is 0 Å². The molecule has 0 heterocycles. The van der Waals surface area contributed by atoms with Crippen molar-refractivity contribution in [1.29, 1.82) is 0 Å². The molecule has 0 radical (unpaired) electrons. The zero-order valence-corrected chi connectivity index (χ0v) is 8.22. The largest absolute Gasteiger partial charge is 0.484 e. The third-order valence-electron chi connectivity index (χ3n) is 0.987. The van der Waals surface area contributed by atoms with Crippen molar-refractivity contribution in [2.45, 2.75) is 5.79 Å². The van der Waals surface area contributed by atoms with Gasteiger partial charge in [-0.3, -0.25) is 9.14 Å². The highest BCUT2D eigenvalue weighted by Gasteiger charge is 2.20. The van der Waals surface area contributed by atoms with E-state index in [0.717, 1.165) is 5.41 Å². The highest BCUT2D eigenvalue weighted by Crippen LogP contribution is 1.86. The summed E-state index contributed by atoms with van der Waals surface area (Å²) in [7, 11) is 1.42. The molecule has 0 unspecified atom stereocenters. The Morgan fingerprint density at radius 2 is 2.44 bits per heavy atom. The van der Waals surface area contributed by atoms with Gasteiger partial charge in [-0.25, -0.2) is 0 Å². The number of nitrogens with one attached hydrogen (secondary N) is 1. The molecule has 0 aliphatic carbocycles. The fourth-order valence-electron chi connectivity index (χ4n) is 0.400. The monoisotopic (exact) mass is 209 g/mol. The van der Waals surface area contributed by atoms with E-state index in [4.69, 9.17) is 0 Å². The number of ether oxygens (including phenoxy) is 1. The van der Waals surface area contributed by atoms with E-state index in [1.165, 1.54) is 7.11 Å². The average molecular weight is 210 g/mol. The molecule has 0 aromatic rings. The van der Waals surface area contributed by atoms with Crippen molar-refractivity contribution in [3.05, 3.63) is 0 Å². The van der Waals surface area contributed by atoms with Gasteiger partial charge < -0.3 is 4.74 Å². The van der Waals surface area contributed by atoms with Gasteiger partial charge in [0.2, 0.25) is 0 Å². The molecule has 0 aromatic carbocycles. The summed E-state index contributed by atoms with van der Waals surface area (Å²) in [5.74, 6) is 1.93. The van der Waals surface area contributed by atoms with Crippen molar-refractivity contribution in [1.82, 2.24) is 4.34 Å². The number of carbonyl (C=O) groups is 1. The van der Waals surface area contributed by atoms with Gasteiger partial charge in [-0.2, -0.15) is 0 Å². The summed E-state index contributed by atoms with van der Waals surface area (Å²) in [6, 6.07) is 0. The second kappa shape index (κ2) is 5.24. The second-order valence-corrected chi connectivity index (χ2v) is 5.00. The van der Waals surface area contributed by atoms with Gasteiger partial charge in [-0.05, 0) is 5.41 Å². The Morgan fingerprint density at radius 1 is 1.89 bits per heavy atom. The molecule has 0 rings (SSSR count). The first-order valence-electron chi connectivity index (χ1n) is 2.63. The molecule has 1 N–H and O–H groups in total. The van der Waals surface area contributed by atoms with Crippen molar-refractivity contribution in [2.75, 3.05) is 12.5 Å². The molecule has 3 nitrogen and oxygen atoms in total. The van der Waals surface area contributed by atoms with Gasteiger partial charge in [0.1, 0.15) is 0 Å². The molecule has 5 heteroatoms. The lowest BCUT2D eigenvalue weighted by atomic mass is 11.4. The van der Waals surface area contributed by atoms with Crippen molar-refractivity contribution >= 4 is 35.1 Å². The van der Waals surface area contributed by atoms with Gasteiger partial charge in [0.15, 0.2) is 4.83 Å². The van der Waals surface area contributed by atoms with Crippen LogP contribution in [0.5, 0.6) is 0 Å². The molecule has 0 bridgehead atoms. The Bertz CT molecular complexity index is 101. The van der Waals surface area contributed by atoms with E-state index in [2.05, 4.69) is 25.2 Å². The second-order valence-electron chi connectivity index (χ2n) is 1.76. The van der Waals surface area contributed by atoms with Crippen LogP contribution in [0.2, 0.25) is 5.79 Å². The molecule has 0 aromatic heterocycles. The van der Waals surface area contributed by atoms with Gasteiger partial charge >= 0.3 is 14.1 Å². The number of carbonyl (C=O) groups excluding carboxylic acids is 1. The zero-order chi connectivity index (χ0) is 7.28. The van der Waals surface area contributed by atoms with E-state index in [-0.39, 0.29) is 4.83 Å². The number of halogens is 1. The lowest BCUT2D eigenvalue weighted by Gasteiger charge is -2.00. The molecule has 0 saturated heterocycles. The van der Waals surface area contributed by atoms with Gasteiger partial charge in [0.25, 0.3) is 0 Å². The predicted octanol–water partition coefficient (Wildman–Crippen LogP) is 0.898. The van der Waals surface area contributed by atoms with Crippen LogP contribution in [-0.2, 0) is 4.74 Å². The van der Waals surface area contributed by atoms with Crippen LogP contribution >= 0.6 is 16.1 Å². The number of methoxy groups -OCH3 is 1. The van der Waals surface area contributed by atoms with Crippen LogP contribution in [0.1, 0.15) is 0 Å². The highest BCUT2D eigenvalue weighted by molar-refractivity contribution is 9.08. The molecular weight excluding hydrogens is 201 g/mol. The summed E-state index contributed by atoms with van der Waals surface area (Å²) in [6.07, 6.45) is 0. The molecule has 0 amide bonds. The van der Waals surface area contributed by atoms with Gasteiger partial charge in [-0.1, -0.05) is 5.79 Å². The third-order valence-corrected chi connectivity index (χ3v) is 3.77. The van der Waals surface area contributed by atoms with Crippen molar-refractivity contribution in [3.8, 4) is 0 Å². The van der Waals surface area contributed by atoms with E-state index >= 15 is 0 Å². The Hall–Kier alpha value is 0.442. The summed E-state index contributed by atoms with van der Waals surface area (Å²) < 4.78 is 7.28. The van der Waals surface area contributed by atoms with Crippen LogP contribution < -0.4 is 4.34 Å². The lowest BCUT2D eigenvalue weighted by Crippen LogP contribution is -2.31. The summed E-state index contributed by atoms with van der Waals surface area (Å²) in [5, 5.41) is 0.729. The summed E-state index contributed by atoms with van der Waals surface area (Å²) in [6.45, 7) is 0. The molecular formula is C4H9AlBrNO2. The van der Waals surface area contributed by atoms with E-state index in [1.807, 2.05) is 5.79 Å². The van der Waals surface area contributed by atoms with Crippen LogP contribution in [-0.4, -0.2) is 31.5 Å². The van der Waals surface area contributed by atoms with Crippen molar-refractivity contribution < 1.29 is 9.53 Å². The Kier molecular flexibility index (Phi) is 5.50. The van der Waals surface area contributed by atoms with Crippen molar-refractivity contribution in [3.63, 3.8) is 0 Å². The van der Waals surface area contributed by atoms with Crippen molar-refractivity contribution in [2.24, 2.45) is 0 Å². The van der Waals surface area contributed by atoms with E-state index in [1.54, 1.807) is 0 Å². The molecule has 0 saturated carbocycles. The molecule has 0 atom stereocenters. The molecule has 0 fully saturated rings. The van der Waals surface area contributed by atoms with Gasteiger partial charge in [0, 0.05) is 16.1 Å². The van der Waals surface area contributed by atoms with Crippen LogP contribution in [0.15, 0.2) is 0 Å². The first-order valence-corrected chi connectivity index (χ1v) is 5.97. The molecule has 0 aliphatic heterocycles. The zero-order valence-electron chi connectivity index (χ0n) is 5.48. The van der Waals surface area contributed by atoms with Gasteiger partial charge in [0.05, 0.1) is 7.11 Å². The van der Waals surface area contributed by atoms with Gasteiger partial charge in [-0.15, -0.1) is 0 Å². The maximum absolute atomic E-state index is 10.7. The molecule has 0 spiro atoms. The normalized spacial score (nSPS) is 8.78. The molecule has 52 valence electrons. The van der Waals surface area contributed by atoms with Crippen LogP contribution in [0, 0.1) is 0 Å². The third kappa shape index (κ3) is 3.93. The quantitative estimate of drug-likeness (QED) is 0.555. The first-order chi connectivity index (χ1) is 4.22. The van der Waals surface area contributed by atoms with Crippen LogP contribution in [0.4, 0.5) is 4.79 Å². The lowest BCUT2D eigenvalue weighted by molar-refractivity contribution is 0.196. The molecule has 0 aliphatic rings. The Morgan fingerprint density at radius 3 is 2.78 bits per heavy atom. The minimum atomic E-state index is -1.32. The fourth-order valence-corrected chi connectivity index (χ4v) is 2.66. The number of rotatable bonds is 3. The molecule has 9 heavy (non-hydrogen) atoms. The summed E-state index contributed by atoms with van der Waals surface area (Å²) in [4.78, 5) is 10.6. The smallest absolute Gasteiger partial charge is 0.447 e. The number of hydrogen-bond donors (Lipinski definition) is 1. The van der Waals surface area contributed by atoms with E-state index in [0.29, 0.717) is 0 Å². The minimum Gasteiger partial charge on any atom is -0.484 e. The van der Waals surface area contributed by atoms with E-state index in [9.17, 15) is 4.79 Å².